The molecule has 2 aromatic heterocycles. The Morgan fingerprint density at radius 1 is 1.19 bits per heavy atom. The molecule has 0 unspecified atom stereocenters. The summed E-state index contributed by atoms with van der Waals surface area (Å²) in [6.07, 6.45) is 4.76. The summed E-state index contributed by atoms with van der Waals surface area (Å²) in [6.45, 7) is 5.43. The third-order valence-corrected chi connectivity index (χ3v) is 4.80. The van der Waals surface area contributed by atoms with E-state index in [1.165, 1.54) is 0 Å². The fourth-order valence-electron chi connectivity index (χ4n) is 3.14. The summed E-state index contributed by atoms with van der Waals surface area (Å²) in [7, 11) is 0. The second-order valence-corrected chi connectivity index (χ2v) is 6.57. The zero-order valence-electron chi connectivity index (χ0n) is 15.8. The van der Waals surface area contributed by atoms with E-state index in [-0.39, 0.29) is 17.4 Å². The third-order valence-electron chi connectivity index (χ3n) is 4.80. The average Bonchev–Trinajstić information content (AvgIpc) is 3.10. The van der Waals surface area contributed by atoms with Crippen LogP contribution in [0.1, 0.15) is 32.3 Å². The lowest BCUT2D eigenvalue weighted by molar-refractivity contribution is -0.125. The van der Waals surface area contributed by atoms with Gasteiger partial charge in [-0.1, -0.05) is 44.2 Å². The summed E-state index contributed by atoms with van der Waals surface area (Å²) >= 11 is 0. The molecule has 1 aromatic carbocycles. The Bertz CT molecular complexity index is 957. The van der Waals surface area contributed by atoms with Gasteiger partial charge in [-0.15, -0.1) is 0 Å². The van der Waals surface area contributed by atoms with Gasteiger partial charge in [0.25, 0.3) is 5.56 Å². The zero-order chi connectivity index (χ0) is 19.2. The highest BCUT2D eigenvalue weighted by Crippen LogP contribution is 2.08. The van der Waals surface area contributed by atoms with Crippen molar-refractivity contribution in [3.63, 3.8) is 0 Å². The van der Waals surface area contributed by atoms with Crippen molar-refractivity contribution in [3.8, 4) is 0 Å². The van der Waals surface area contributed by atoms with Crippen LogP contribution in [-0.4, -0.2) is 31.8 Å². The summed E-state index contributed by atoms with van der Waals surface area (Å²) in [5, 5.41) is 7.70. The van der Waals surface area contributed by atoms with Crippen molar-refractivity contribution in [2.45, 2.75) is 39.8 Å². The van der Waals surface area contributed by atoms with Gasteiger partial charge in [-0.2, -0.15) is 5.10 Å². The van der Waals surface area contributed by atoms with Crippen LogP contribution in [0.3, 0.4) is 0 Å². The number of rotatable bonds is 8. The van der Waals surface area contributed by atoms with Crippen molar-refractivity contribution in [3.05, 3.63) is 58.8 Å². The van der Waals surface area contributed by atoms with E-state index in [2.05, 4.69) is 15.4 Å². The van der Waals surface area contributed by atoms with Gasteiger partial charge in [-0.3, -0.25) is 14.2 Å². The Kier molecular flexibility index (Phi) is 6.01. The maximum atomic E-state index is 12.7. The molecular weight excluding hydrogens is 342 g/mol. The lowest BCUT2D eigenvalue weighted by Crippen LogP contribution is -2.32. The average molecular weight is 367 g/mol. The van der Waals surface area contributed by atoms with Gasteiger partial charge >= 0.3 is 0 Å². The van der Waals surface area contributed by atoms with E-state index in [1.54, 1.807) is 21.8 Å². The standard InChI is InChI=1S/C20H25N5O2/c1-3-16(4-2)19(26)21-10-11-25-18-17(12-23-25)20(27)24(14-22-18)13-15-8-6-5-7-9-15/h5-9,12,14,16H,3-4,10-11,13H2,1-2H3,(H,21,26). The van der Waals surface area contributed by atoms with Crippen molar-refractivity contribution in [2.75, 3.05) is 6.54 Å². The van der Waals surface area contributed by atoms with E-state index in [4.69, 9.17) is 0 Å². The molecule has 3 rings (SSSR count). The summed E-state index contributed by atoms with van der Waals surface area (Å²) < 4.78 is 3.25. The quantitative estimate of drug-likeness (QED) is 0.662. The van der Waals surface area contributed by atoms with Crippen molar-refractivity contribution < 1.29 is 4.79 Å². The number of fused-ring (bicyclic) bond motifs is 1. The molecule has 0 atom stereocenters. The number of hydrogen-bond donors (Lipinski definition) is 1. The first-order valence-electron chi connectivity index (χ1n) is 9.36. The molecule has 0 fully saturated rings. The maximum Gasteiger partial charge on any atom is 0.264 e. The monoisotopic (exact) mass is 367 g/mol. The first-order valence-corrected chi connectivity index (χ1v) is 9.36. The van der Waals surface area contributed by atoms with Gasteiger partial charge in [-0.05, 0) is 18.4 Å². The molecule has 0 aliphatic carbocycles. The molecule has 7 heteroatoms. The Labute approximate surface area is 158 Å². The molecule has 27 heavy (non-hydrogen) atoms. The number of nitrogens with zero attached hydrogens (tertiary/aromatic N) is 4. The normalized spacial score (nSPS) is 11.2. The molecule has 0 bridgehead atoms. The number of benzene rings is 1. The molecule has 1 N–H and O–H groups in total. The molecule has 0 aliphatic heterocycles. The largest absolute Gasteiger partial charge is 0.354 e. The molecule has 0 saturated carbocycles. The molecule has 0 radical (unpaired) electrons. The second-order valence-electron chi connectivity index (χ2n) is 6.57. The predicted molar refractivity (Wildman–Crippen MR) is 104 cm³/mol. The van der Waals surface area contributed by atoms with E-state index in [9.17, 15) is 9.59 Å². The number of carbonyl (C=O) groups is 1. The van der Waals surface area contributed by atoms with Gasteiger partial charge < -0.3 is 5.32 Å². The summed E-state index contributed by atoms with van der Waals surface area (Å²) in [5.74, 6) is 0.109. The second kappa shape index (κ2) is 8.62. The van der Waals surface area contributed by atoms with Crippen LogP contribution in [0.15, 0.2) is 47.7 Å². The van der Waals surface area contributed by atoms with Crippen LogP contribution in [-0.2, 0) is 17.9 Å². The Hall–Kier alpha value is -2.96. The molecule has 142 valence electrons. The number of amides is 1. The number of carbonyl (C=O) groups excluding carboxylic acids is 1. The molecular formula is C20H25N5O2. The molecule has 7 nitrogen and oxygen atoms in total. The van der Waals surface area contributed by atoms with E-state index in [0.717, 1.165) is 18.4 Å². The first kappa shape index (κ1) is 18.8. The highest BCUT2D eigenvalue weighted by molar-refractivity contribution is 5.78. The number of hydrogen-bond acceptors (Lipinski definition) is 4. The summed E-state index contributed by atoms with van der Waals surface area (Å²) in [4.78, 5) is 29.2. The molecule has 2 heterocycles. The lowest BCUT2D eigenvalue weighted by atomic mass is 10.0. The summed E-state index contributed by atoms with van der Waals surface area (Å²) in [5.41, 5.74) is 1.47. The minimum Gasteiger partial charge on any atom is -0.354 e. The van der Waals surface area contributed by atoms with E-state index in [0.29, 0.717) is 30.7 Å². The highest BCUT2D eigenvalue weighted by Gasteiger charge is 2.14. The van der Waals surface area contributed by atoms with Gasteiger partial charge in [0, 0.05) is 12.5 Å². The molecule has 0 spiro atoms. The molecule has 0 saturated heterocycles. The first-order chi connectivity index (χ1) is 13.1. The van der Waals surface area contributed by atoms with Crippen LogP contribution in [0.25, 0.3) is 11.0 Å². The van der Waals surface area contributed by atoms with Crippen LogP contribution >= 0.6 is 0 Å². The van der Waals surface area contributed by atoms with Gasteiger partial charge in [0.1, 0.15) is 11.7 Å². The van der Waals surface area contributed by atoms with Crippen LogP contribution < -0.4 is 10.9 Å². The van der Waals surface area contributed by atoms with E-state index < -0.39 is 0 Å². The molecule has 3 aromatic rings. The zero-order valence-corrected chi connectivity index (χ0v) is 15.8. The fourth-order valence-corrected chi connectivity index (χ4v) is 3.14. The maximum absolute atomic E-state index is 12.7. The van der Waals surface area contributed by atoms with Gasteiger partial charge in [0.15, 0.2) is 5.65 Å². The van der Waals surface area contributed by atoms with Crippen LogP contribution in [0.2, 0.25) is 0 Å². The minimum absolute atomic E-state index is 0.0441. The van der Waals surface area contributed by atoms with Crippen LogP contribution in [0, 0.1) is 5.92 Å². The van der Waals surface area contributed by atoms with Crippen LogP contribution in [0.5, 0.6) is 0 Å². The minimum atomic E-state index is -0.115. The predicted octanol–water partition coefficient (Wildman–Crippen LogP) is 2.19. The van der Waals surface area contributed by atoms with E-state index in [1.807, 2.05) is 44.2 Å². The summed E-state index contributed by atoms with van der Waals surface area (Å²) in [6, 6.07) is 9.78. The number of nitrogens with one attached hydrogen (secondary N) is 1. The Balaban J connectivity index is 1.71. The van der Waals surface area contributed by atoms with Crippen LogP contribution in [0.4, 0.5) is 0 Å². The van der Waals surface area contributed by atoms with Gasteiger partial charge in [-0.25, -0.2) is 9.67 Å². The topological polar surface area (TPSA) is 81.8 Å². The van der Waals surface area contributed by atoms with Crippen molar-refractivity contribution >= 4 is 16.9 Å². The van der Waals surface area contributed by atoms with E-state index >= 15 is 0 Å². The molecule has 1 amide bonds. The number of aromatic nitrogens is 4. The highest BCUT2D eigenvalue weighted by atomic mass is 16.2. The third kappa shape index (κ3) is 4.24. The SMILES string of the molecule is CCC(CC)C(=O)NCCn1ncc2c(=O)n(Cc3ccccc3)cnc21. The van der Waals surface area contributed by atoms with Gasteiger partial charge in [0.2, 0.25) is 5.91 Å². The Morgan fingerprint density at radius 3 is 2.63 bits per heavy atom. The smallest absolute Gasteiger partial charge is 0.264 e. The van der Waals surface area contributed by atoms with Crippen molar-refractivity contribution in [1.29, 1.82) is 0 Å². The van der Waals surface area contributed by atoms with Crippen molar-refractivity contribution in [1.82, 2.24) is 24.6 Å². The molecule has 0 aliphatic rings. The van der Waals surface area contributed by atoms with Crippen molar-refractivity contribution in [2.24, 2.45) is 5.92 Å². The fraction of sp³-hybridized carbons (Fsp3) is 0.400. The lowest BCUT2D eigenvalue weighted by Gasteiger charge is -2.12. The van der Waals surface area contributed by atoms with Gasteiger partial charge in [0.05, 0.1) is 19.3 Å². The Morgan fingerprint density at radius 2 is 1.93 bits per heavy atom.